The van der Waals surface area contributed by atoms with E-state index in [0.29, 0.717) is 11.8 Å². The number of nitrogens with one attached hydrogen (secondary N) is 1. The van der Waals surface area contributed by atoms with Gasteiger partial charge in [-0.05, 0) is 31.4 Å². The predicted molar refractivity (Wildman–Crippen MR) is 75.7 cm³/mol. The second-order valence-corrected chi connectivity index (χ2v) is 5.57. The number of pyridine rings is 1. The molecule has 1 unspecified atom stereocenters. The van der Waals surface area contributed by atoms with E-state index in [-0.39, 0.29) is 6.10 Å². The van der Waals surface area contributed by atoms with Crippen molar-refractivity contribution in [3.05, 3.63) is 24.0 Å². The van der Waals surface area contributed by atoms with E-state index in [9.17, 15) is 0 Å². The summed E-state index contributed by atoms with van der Waals surface area (Å²) in [5, 5.41) is 3.39. The molecule has 0 bridgehead atoms. The average molecular weight is 250 g/mol. The lowest BCUT2D eigenvalue weighted by Gasteiger charge is -2.18. The molecule has 0 amide bonds. The first-order chi connectivity index (χ1) is 8.49. The third kappa shape index (κ3) is 5.50. The molecule has 1 aromatic heterocycles. The Morgan fingerprint density at radius 3 is 2.56 bits per heavy atom. The fraction of sp³-hybridized carbons (Fsp3) is 0.667. The highest BCUT2D eigenvalue weighted by Crippen LogP contribution is 2.16. The summed E-state index contributed by atoms with van der Waals surface area (Å²) in [7, 11) is 0. The Kier molecular flexibility index (Phi) is 6.13. The molecule has 102 valence electrons. The van der Waals surface area contributed by atoms with Gasteiger partial charge in [0.05, 0.1) is 11.8 Å². The first-order valence-electron chi connectivity index (χ1n) is 6.81. The molecule has 1 N–H and O–H groups in total. The van der Waals surface area contributed by atoms with Crippen molar-refractivity contribution in [2.75, 3.05) is 6.54 Å². The first-order valence-corrected chi connectivity index (χ1v) is 6.81. The summed E-state index contributed by atoms with van der Waals surface area (Å²) in [4.78, 5) is 4.35. The van der Waals surface area contributed by atoms with Crippen LogP contribution in [0.15, 0.2) is 18.3 Å². The highest BCUT2D eigenvalue weighted by molar-refractivity contribution is 5.22. The van der Waals surface area contributed by atoms with Crippen molar-refractivity contribution in [1.82, 2.24) is 10.3 Å². The van der Waals surface area contributed by atoms with E-state index in [1.807, 2.05) is 18.3 Å². The lowest BCUT2D eigenvalue weighted by atomic mass is 10.1. The summed E-state index contributed by atoms with van der Waals surface area (Å²) in [5.74, 6) is 2.08. The predicted octanol–water partition coefficient (Wildman–Crippen LogP) is 3.25. The Hall–Kier alpha value is -1.09. The number of ether oxygens (including phenoxy) is 1. The standard InChI is InChI=1S/C15H26N2O/c1-11(2)9-16-10-14-8-15(6-7-17-14)18-13(5)12(3)4/h6-8,11-13,16H,9-10H2,1-5H3. The van der Waals surface area contributed by atoms with Gasteiger partial charge in [0.15, 0.2) is 0 Å². The highest BCUT2D eigenvalue weighted by Gasteiger charge is 2.09. The lowest BCUT2D eigenvalue weighted by molar-refractivity contribution is 0.170. The lowest BCUT2D eigenvalue weighted by Crippen LogP contribution is -2.20. The summed E-state index contributed by atoms with van der Waals surface area (Å²) >= 11 is 0. The fourth-order valence-electron chi connectivity index (χ4n) is 1.47. The van der Waals surface area contributed by atoms with Crippen LogP contribution in [0.25, 0.3) is 0 Å². The van der Waals surface area contributed by atoms with E-state index in [0.717, 1.165) is 24.5 Å². The Morgan fingerprint density at radius 2 is 1.94 bits per heavy atom. The average Bonchev–Trinajstić information content (AvgIpc) is 2.28. The van der Waals surface area contributed by atoms with Gasteiger partial charge in [-0.2, -0.15) is 0 Å². The van der Waals surface area contributed by atoms with Gasteiger partial charge in [0.25, 0.3) is 0 Å². The zero-order valence-electron chi connectivity index (χ0n) is 12.2. The Bertz CT molecular complexity index is 350. The van der Waals surface area contributed by atoms with Crippen molar-refractivity contribution in [2.24, 2.45) is 11.8 Å². The molecule has 1 heterocycles. The van der Waals surface area contributed by atoms with Crippen LogP contribution in [0.2, 0.25) is 0 Å². The van der Waals surface area contributed by atoms with E-state index in [1.54, 1.807) is 0 Å². The fourth-order valence-corrected chi connectivity index (χ4v) is 1.47. The molecule has 0 fully saturated rings. The van der Waals surface area contributed by atoms with Crippen LogP contribution in [-0.2, 0) is 6.54 Å². The Morgan fingerprint density at radius 1 is 1.22 bits per heavy atom. The van der Waals surface area contributed by atoms with Gasteiger partial charge >= 0.3 is 0 Å². The summed E-state index contributed by atoms with van der Waals surface area (Å²) in [6, 6.07) is 3.94. The monoisotopic (exact) mass is 250 g/mol. The maximum absolute atomic E-state index is 5.88. The number of nitrogens with zero attached hydrogens (tertiary/aromatic N) is 1. The topological polar surface area (TPSA) is 34.1 Å². The molecule has 0 saturated heterocycles. The molecule has 0 radical (unpaired) electrons. The minimum Gasteiger partial charge on any atom is -0.490 e. The zero-order valence-corrected chi connectivity index (χ0v) is 12.2. The van der Waals surface area contributed by atoms with E-state index in [4.69, 9.17) is 4.74 Å². The van der Waals surface area contributed by atoms with E-state index >= 15 is 0 Å². The molecule has 0 aliphatic rings. The smallest absolute Gasteiger partial charge is 0.123 e. The van der Waals surface area contributed by atoms with Crippen molar-refractivity contribution in [3.8, 4) is 5.75 Å². The van der Waals surface area contributed by atoms with E-state index in [1.165, 1.54) is 0 Å². The minimum atomic E-state index is 0.226. The largest absolute Gasteiger partial charge is 0.490 e. The molecular formula is C15H26N2O. The van der Waals surface area contributed by atoms with Crippen molar-refractivity contribution in [2.45, 2.75) is 47.3 Å². The second kappa shape index (κ2) is 7.37. The maximum atomic E-state index is 5.88. The van der Waals surface area contributed by atoms with Crippen LogP contribution in [0.3, 0.4) is 0 Å². The molecule has 3 heteroatoms. The molecule has 0 aliphatic heterocycles. The molecule has 0 aliphatic carbocycles. The highest BCUT2D eigenvalue weighted by atomic mass is 16.5. The summed E-state index contributed by atoms with van der Waals surface area (Å²) < 4.78 is 5.88. The minimum absolute atomic E-state index is 0.226. The van der Waals surface area contributed by atoms with Gasteiger partial charge in [-0.1, -0.05) is 27.7 Å². The molecule has 1 rings (SSSR count). The van der Waals surface area contributed by atoms with Crippen LogP contribution in [0.4, 0.5) is 0 Å². The third-order valence-electron chi connectivity index (χ3n) is 2.91. The number of aromatic nitrogens is 1. The van der Waals surface area contributed by atoms with Crippen LogP contribution in [0, 0.1) is 11.8 Å². The molecule has 3 nitrogen and oxygen atoms in total. The molecule has 1 atom stereocenters. The Labute approximate surface area is 111 Å². The molecular weight excluding hydrogens is 224 g/mol. The van der Waals surface area contributed by atoms with Crippen LogP contribution in [0.5, 0.6) is 5.75 Å². The quantitative estimate of drug-likeness (QED) is 0.806. The van der Waals surface area contributed by atoms with Crippen molar-refractivity contribution in [3.63, 3.8) is 0 Å². The SMILES string of the molecule is CC(C)CNCc1cc(OC(C)C(C)C)ccn1. The van der Waals surface area contributed by atoms with Gasteiger partial charge in [0.1, 0.15) is 5.75 Å². The second-order valence-electron chi connectivity index (χ2n) is 5.57. The number of rotatable bonds is 7. The van der Waals surface area contributed by atoms with Crippen LogP contribution in [0.1, 0.15) is 40.3 Å². The van der Waals surface area contributed by atoms with Gasteiger partial charge in [0, 0.05) is 18.8 Å². The molecule has 0 spiro atoms. The number of hydrogen-bond acceptors (Lipinski definition) is 3. The molecule has 18 heavy (non-hydrogen) atoms. The number of hydrogen-bond donors (Lipinski definition) is 1. The Balaban J connectivity index is 2.51. The van der Waals surface area contributed by atoms with E-state index in [2.05, 4.69) is 44.9 Å². The maximum Gasteiger partial charge on any atom is 0.123 e. The van der Waals surface area contributed by atoms with Gasteiger partial charge < -0.3 is 10.1 Å². The summed E-state index contributed by atoms with van der Waals surface area (Å²) in [6.07, 6.45) is 2.04. The van der Waals surface area contributed by atoms with Crippen molar-refractivity contribution >= 4 is 0 Å². The van der Waals surface area contributed by atoms with Gasteiger partial charge in [-0.3, -0.25) is 4.98 Å². The third-order valence-corrected chi connectivity index (χ3v) is 2.91. The van der Waals surface area contributed by atoms with Gasteiger partial charge in [0.2, 0.25) is 0 Å². The summed E-state index contributed by atoms with van der Waals surface area (Å²) in [6.45, 7) is 12.6. The van der Waals surface area contributed by atoms with Crippen LogP contribution < -0.4 is 10.1 Å². The zero-order chi connectivity index (χ0) is 13.5. The normalized spacial score (nSPS) is 13.1. The van der Waals surface area contributed by atoms with Crippen molar-refractivity contribution < 1.29 is 4.74 Å². The van der Waals surface area contributed by atoms with Crippen molar-refractivity contribution in [1.29, 1.82) is 0 Å². The van der Waals surface area contributed by atoms with E-state index < -0.39 is 0 Å². The van der Waals surface area contributed by atoms with Crippen LogP contribution in [-0.4, -0.2) is 17.6 Å². The summed E-state index contributed by atoms with van der Waals surface area (Å²) in [5.41, 5.74) is 1.03. The van der Waals surface area contributed by atoms with Gasteiger partial charge in [-0.25, -0.2) is 0 Å². The molecule has 0 aromatic carbocycles. The molecule has 0 saturated carbocycles. The van der Waals surface area contributed by atoms with Gasteiger partial charge in [-0.15, -0.1) is 0 Å². The molecule has 1 aromatic rings. The first kappa shape index (κ1) is 15.0. The van der Waals surface area contributed by atoms with Crippen LogP contribution >= 0.6 is 0 Å².